The van der Waals surface area contributed by atoms with Crippen molar-refractivity contribution in [3.8, 4) is 5.75 Å². The Balaban J connectivity index is 1.52. The van der Waals surface area contributed by atoms with Crippen LogP contribution in [0.1, 0.15) is 22.3 Å². The van der Waals surface area contributed by atoms with Crippen molar-refractivity contribution in [2.75, 3.05) is 0 Å². The van der Waals surface area contributed by atoms with E-state index < -0.39 is 0 Å². The fraction of sp³-hybridized carbons (Fsp3) is 0.182. The van der Waals surface area contributed by atoms with Crippen LogP contribution in [0.25, 0.3) is 0 Å². The van der Waals surface area contributed by atoms with E-state index in [4.69, 9.17) is 4.74 Å². The van der Waals surface area contributed by atoms with Gasteiger partial charge in [-0.05, 0) is 36.2 Å². The summed E-state index contributed by atoms with van der Waals surface area (Å²) in [5.41, 5.74) is 4.23. The number of benzene rings is 3. The molecule has 0 aromatic heterocycles. The van der Waals surface area contributed by atoms with E-state index in [-0.39, 0.29) is 12.4 Å². The zero-order valence-corrected chi connectivity index (χ0v) is 14.3. The summed E-state index contributed by atoms with van der Waals surface area (Å²) >= 11 is 0. The molecule has 0 spiro atoms. The van der Waals surface area contributed by atoms with Crippen LogP contribution in [0.2, 0.25) is 0 Å². The molecule has 3 aromatic carbocycles. The molecule has 0 aliphatic rings. The Morgan fingerprint density at radius 2 is 1.60 bits per heavy atom. The van der Waals surface area contributed by atoms with Gasteiger partial charge in [0, 0.05) is 18.7 Å². The second-order valence-electron chi connectivity index (χ2n) is 6.12. The van der Waals surface area contributed by atoms with Crippen LogP contribution >= 0.6 is 0 Å². The molecule has 3 heteroatoms. The average Bonchev–Trinajstić information content (AvgIpc) is 2.63. The lowest BCUT2D eigenvalue weighted by molar-refractivity contribution is 0.299. The fourth-order valence-corrected chi connectivity index (χ4v) is 2.58. The lowest BCUT2D eigenvalue weighted by Crippen LogP contribution is -2.12. The van der Waals surface area contributed by atoms with Crippen LogP contribution in [0, 0.1) is 12.7 Å². The van der Waals surface area contributed by atoms with Gasteiger partial charge < -0.3 is 10.1 Å². The van der Waals surface area contributed by atoms with Gasteiger partial charge >= 0.3 is 0 Å². The first-order valence-electron chi connectivity index (χ1n) is 8.42. The summed E-state index contributed by atoms with van der Waals surface area (Å²) in [7, 11) is 0. The van der Waals surface area contributed by atoms with E-state index >= 15 is 0 Å². The van der Waals surface area contributed by atoms with E-state index in [0.29, 0.717) is 5.56 Å². The van der Waals surface area contributed by atoms with Gasteiger partial charge in [0.2, 0.25) is 0 Å². The summed E-state index contributed by atoms with van der Waals surface area (Å²) in [6.07, 6.45) is 0. The maximum Gasteiger partial charge on any atom is 0.129 e. The maximum absolute atomic E-state index is 13.6. The van der Waals surface area contributed by atoms with Gasteiger partial charge in [-0.1, -0.05) is 60.2 Å². The van der Waals surface area contributed by atoms with E-state index in [0.717, 1.165) is 24.4 Å². The Bertz CT molecular complexity index is 814. The number of rotatable bonds is 7. The number of halogens is 1. The highest BCUT2D eigenvalue weighted by atomic mass is 19.1. The first kappa shape index (κ1) is 17.2. The van der Waals surface area contributed by atoms with Crippen molar-refractivity contribution in [2.24, 2.45) is 0 Å². The van der Waals surface area contributed by atoms with Crippen LogP contribution in [-0.4, -0.2) is 0 Å². The molecule has 0 bridgehead atoms. The highest BCUT2D eigenvalue weighted by Gasteiger charge is 2.03. The van der Waals surface area contributed by atoms with E-state index in [2.05, 4.69) is 42.6 Å². The predicted molar refractivity (Wildman–Crippen MR) is 98.9 cm³/mol. The van der Waals surface area contributed by atoms with Gasteiger partial charge in [-0.15, -0.1) is 0 Å². The molecular formula is C22H22FNO. The molecule has 0 atom stereocenters. The molecule has 0 unspecified atom stereocenters. The number of hydrogen-bond donors (Lipinski definition) is 1. The Morgan fingerprint density at radius 1 is 0.840 bits per heavy atom. The van der Waals surface area contributed by atoms with Crippen LogP contribution < -0.4 is 10.1 Å². The van der Waals surface area contributed by atoms with Gasteiger partial charge in [0.15, 0.2) is 0 Å². The Morgan fingerprint density at radius 3 is 2.40 bits per heavy atom. The fourth-order valence-electron chi connectivity index (χ4n) is 2.58. The third kappa shape index (κ3) is 5.16. The second kappa shape index (κ2) is 8.45. The summed E-state index contributed by atoms with van der Waals surface area (Å²) in [5.74, 6) is 0.510. The van der Waals surface area contributed by atoms with Crippen molar-refractivity contribution in [2.45, 2.75) is 26.6 Å². The van der Waals surface area contributed by atoms with Crippen LogP contribution in [0.15, 0.2) is 72.8 Å². The number of aryl methyl sites for hydroxylation is 1. The van der Waals surface area contributed by atoms with Gasteiger partial charge in [0.05, 0.1) is 0 Å². The molecule has 1 N–H and O–H groups in total. The molecule has 0 fully saturated rings. The molecular weight excluding hydrogens is 313 g/mol. The Kier molecular flexibility index (Phi) is 5.81. The summed E-state index contributed by atoms with van der Waals surface area (Å²) in [6, 6.07) is 23.1. The minimum absolute atomic E-state index is 0.229. The quantitative estimate of drug-likeness (QED) is 0.656. The molecule has 3 rings (SSSR count). The second-order valence-corrected chi connectivity index (χ2v) is 6.12. The molecule has 0 radical (unpaired) electrons. The van der Waals surface area contributed by atoms with Gasteiger partial charge in [-0.2, -0.15) is 0 Å². The van der Waals surface area contributed by atoms with Gasteiger partial charge in [-0.25, -0.2) is 4.39 Å². The van der Waals surface area contributed by atoms with Crippen LogP contribution in [0.4, 0.5) is 4.39 Å². The highest BCUT2D eigenvalue weighted by Crippen LogP contribution is 2.16. The number of ether oxygens (including phenoxy) is 1. The molecule has 0 saturated heterocycles. The van der Waals surface area contributed by atoms with E-state index in [1.165, 1.54) is 17.2 Å². The van der Waals surface area contributed by atoms with Crippen LogP contribution in [0.3, 0.4) is 0 Å². The largest absolute Gasteiger partial charge is 0.489 e. The zero-order chi connectivity index (χ0) is 17.5. The third-order valence-electron chi connectivity index (χ3n) is 4.03. The van der Waals surface area contributed by atoms with Gasteiger partial charge in [-0.3, -0.25) is 0 Å². The Hall–Kier alpha value is -2.65. The lowest BCUT2D eigenvalue weighted by Gasteiger charge is -2.10. The van der Waals surface area contributed by atoms with E-state index in [1.54, 1.807) is 12.1 Å². The molecule has 2 nitrogen and oxygen atoms in total. The lowest BCUT2D eigenvalue weighted by atomic mass is 10.1. The van der Waals surface area contributed by atoms with Crippen LogP contribution in [-0.2, 0) is 19.7 Å². The average molecular weight is 335 g/mol. The normalized spacial score (nSPS) is 10.6. The van der Waals surface area contributed by atoms with E-state index in [1.807, 2.05) is 24.3 Å². The van der Waals surface area contributed by atoms with Crippen molar-refractivity contribution in [1.29, 1.82) is 0 Å². The first-order chi connectivity index (χ1) is 12.2. The SMILES string of the molecule is Cc1ccc(CNCc2cccc(OCc3ccccc3F)c2)cc1. The van der Waals surface area contributed by atoms with Gasteiger partial charge in [0.1, 0.15) is 18.2 Å². The van der Waals surface area contributed by atoms with Gasteiger partial charge in [0.25, 0.3) is 0 Å². The minimum Gasteiger partial charge on any atom is -0.489 e. The smallest absolute Gasteiger partial charge is 0.129 e. The number of nitrogens with one attached hydrogen (secondary N) is 1. The molecule has 128 valence electrons. The number of hydrogen-bond acceptors (Lipinski definition) is 2. The maximum atomic E-state index is 13.6. The standard InChI is InChI=1S/C22H22FNO/c1-17-9-11-18(12-10-17)14-24-15-19-5-4-7-21(13-19)25-16-20-6-2-3-8-22(20)23/h2-13,24H,14-16H2,1H3. The topological polar surface area (TPSA) is 21.3 Å². The molecule has 0 aliphatic heterocycles. The predicted octanol–water partition coefficient (Wildman–Crippen LogP) is 5.00. The van der Waals surface area contributed by atoms with Crippen molar-refractivity contribution in [1.82, 2.24) is 5.32 Å². The molecule has 0 saturated carbocycles. The van der Waals surface area contributed by atoms with E-state index in [9.17, 15) is 4.39 Å². The summed E-state index contributed by atoms with van der Waals surface area (Å²) < 4.78 is 19.4. The summed E-state index contributed by atoms with van der Waals surface area (Å²) in [5, 5.41) is 3.43. The molecule has 0 heterocycles. The molecule has 0 aliphatic carbocycles. The Labute approximate surface area is 148 Å². The summed E-state index contributed by atoms with van der Waals surface area (Å²) in [4.78, 5) is 0. The third-order valence-corrected chi connectivity index (χ3v) is 4.03. The van der Waals surface area contributed by atoms with Crippen molar-refractivity contribution < 1.29 is 9.13 Å². The molecule has 25 heavy (non-hydrogen) atoms. The van der Waals surface area contributed by atoms with Crippen LogP contribution in [0.5, 0.6) is 5.75 Å². The zero-order valence-electron chi connectivity index (χ0n) is 14.3. The molecule has 0 amide bonds. The highest BCUT2D eigenvalue weighted by molar-refractivity contribution is 5.29. The summed E-state index contributed by atoms with van der Waals surface area (Å²) in [6.45, 7) is 3.89. The van der Waals surface area contributed by atoms with Crippen molar-refractivity contribution in [3.63, 3.8) is 0 Å². The minimum atomic E-state index is -0.238. The van der Waals surface area contributed by atoms with Crippen molar-refractivity contribution in [3.05, 3.63) is 101 Å². The molecule has 3 aromatic rings. The first-order valence-corrected chi connectivity index (χ1v) is 8.42. The monoisotopic (exact) mass is 335 g/mol. The van der Waals surface area contributed by atoms with Crippen molar-refractivity contribution >= 4 is 0 Å².